The van der Waals surface area contributed by atoms with Gasteiger partial charge in [0.25, 0.3) is 0 Å². The normalized spacial score (nSPS) is 15.9. The average molecular weight is 344 g/mol. The maximum Gasteiger partial charge on any atom is 0.242 e. The Balaban J connectivity index is 1.73. The maximum atomic E-state index is 12.4. The highest BCUT2D eigenvalue weighted by molar-refractivity contribution is 5.87. The molecule has 7 nitrogen and oxygen atoms in total. The van der Waals surface area contributed by atoms with Gasteiger partial charge in [0.1, 0.15) is 18.7 Å². The largest absolute Gasteiger partial charge is 0.356 e. The molecular weight excluding hydrogens is 316 g/mol. The van der Waals surface area contributed by atoms with Gasteiger partial charge in [0.2, 0.25) is 5.91 Å². The minimum atomic E-state index is 0.0138. The van der Waals surface area contributed by atoms with E-state index in [-0.39, 0.29) is 12.5 Å². The number of carbonyl (C=O) groups is 1. The van der Waals surface area contributed by atoms with Crippen molar-refractivity contribution in [3.8, 4) is 0 Å². The van der Waals surface area contributed by atoms with E-state index in [1.165, 1.54) is 25.7 Å². The summed E-state index contributed by atoms with van der Waals surface area (Å²) in [7, 11) is 0. The van der Waals surface area contributed by atoms with Gasteiger partial charge in [0, 0.05) is 19.1 Å². The molecule has 136 valence electrons. The molecule has 7 heteroatoms. The van der Waals surface area contributed by atoms with Crippen molar-refractivity contribution >= 4 is 22.8 Å². The number of amides is 1. The van der Waals surface area contributed by atoms with Crippen LogP contribution in [0.15, 0.2) is 12.5 Å². The highest BCUT2D eigenvalue weighted by atomic mass is 16.2. The van der Waals surface area contributed by atoms with E-state index in [9.17, 15) is 4.79 Å². The van der Waals surface area contributed by atoms with Gasteiger partial charge in [0.05, 0.1) is 11.6 Å². The molecule has 1 fully saturated rings. The molecule has 0 saturated heterocycles. The maximum absolute atomic E-state index is 12.4. The van der Waals surface area contributed by atoms with Crippen molar-refractivity contribution in [1.82, 2.24) is 25.1 Å². The fraction of sp³-hybridized carbons (Fsp3) is 0.667. The fourth-order valence-electron chi connectivity index (χ4n) is 3.60. The zero-order chi connectivity index (χ0) is 17.6. The Morgan fingerprint density at radius 2 is 1.92 bits per heavy atom. The van der Waals surface area contributed by atoms with Crippen LogP contribution in [0.2, 0.25) is 0 Å². The van der Waals surface area contributed by atoms with E-state index in [1.54, 1.807) is 17.2 Å². The van der Waals surface area contributed by atoms with Crippen LogP contribution < -0.4 is 10.2 Å². The van der Waals surface area contributed by atoms with Crippen LogP contribution in [0.1, 0.15) is 52.4 Å². The molecular formula is C18H28N6O. The number of anilines is 1. The number of rotatable bonds is 6. The number of hydrogen-bond acceptors (Lipinski definition) is 5. The topological polar surface area (TPSA) is 75.9 Å². The molecule has 0 aromatic carbocycles. The van der Waals surface area contributed by atoms with Gasteiger partial charge in [-0.15, -0.1) is 0 Å². The van der Waals surface area contributed by atoms with Gasteiger partial charge in [-0.1, -0.05) is 25.7 Å². The first kappa shape index (κ1) is 17.6. The van der Waals surface area contributed by atoms with Crippen molar-refractivity contribution in [3.05, 3.63) is 12.5 Å². The van der Waals surface area contributed by atoms with Crippen LogP contribution in [0.5, 0.6) is 0 Å². The molecule has 0 bridgehead atoms. The molecule has 3 rings (SSSR count). The number of hydrogen-bond donors (Lipinski definition) is 1. The zero-order valence-electron chi connectivity index (χ0n) is 15.2. The molecule has 2 aromatic rings. The van der Waals surface area contributed by atoms with Gasteiger partial charge in [-0.2, -0.15) is 5.10 Å². The van der Waals surface area contributed by atoms with E-state index >= 15 is 0 Å². The van der Waals surface area contributed by atoms with Crippen molar-refractivity contribution < 1.29 is 4.79 Å². The first-order valence-electron chi connectivity index (χ1n) is 9.43. The lowest BCUT2D eigenvalue weighted by atomic mass is 10.1. The number of carbonyl (C=O) groups excluding carboxylic acids is 1. The Bertz CT molecular complexity index is 701. The number of nitrogens with zero attached hydrogens (tertiary/aromatic N) is 5. The summed E-state index contributed by atoms with van der Waals surface area (Å²) in [6.07, 6.45) is 10.5. The van der Waals surface area contributed by atoms with Crippen LogP contribution in [0.3, 0.4) is 0 Å². The molecule has 0 spiro atoms. The number of aromatic nitrogens is 4. The average Bonchev–Trinajstić information content (AvgIpc) is 2.85. The Hall–Kier alpha value is -2.18. The lowest BCUT2D eigenvalue weighted by Crippen LogP contribution is -2.36. The first-order valence-corrected chi connectivity index (χ1v) is 9.43. The third-order valence-electron chi connectivity index (χ3n) is 4.99. The van der Waals surface area contributed by atoms with Gasteiger partial charge in [-0.3, -0.25) is 4.79 Å². The second-order valence-corrected chi connectivity index (χ2v) is 6.67. The van der Waals surface area contributed by atoms with E-state index in [0.717, 1.165) is 37.1 Å². The molecule has 0 radical (unpaired) electrons. The predicted molar refractivity (Wildman–Crippen MR) is 98.5 cm³/mol. The minimum Gasteiger partial charge on any atom is -0.356 e. The molecule has 25 heavy (non-hydrogen) atoms. The SMILES string of the molecule is CCN(CC)c1ncnc2c1cnn2CC(=O)NC1CCCCCC1. The van der Waals surface area contributed by atoms with E-state index in [1.807, 2.05) is 0 Å². The van der Waals surface area contributed by atoms with Gasteiger partial charge < -0.3 is 10.2 Å². The summed E-state index contributed by atoms with van der Waals surface area (Å²) in [4.78, 5) is 23.4. The highest BCUT2D eigenvalue weighted by Gasteiger charge is 2.18. The Kier molecular flexibility index (Phi) is 5.83. The Labute approximate surface area is 148 Å². The second-order valence-electron chi connectivity index (χ2n) is 6.67. The summed E-state index contributed by atoms with van der Waals surface area (Å²) >= 11 is 0. The summed E-state index contributed by atoms with van der Waals surface area (Å²) in [5.41, 5.74) is 0.716. The van der Waals surface area contributed by atoms with E-state index in [2.05, 4.69) is 39.1 Å². The Morgan fingerprint density at radius 1 is 1.20 bits per heavy atom. The molecule has 1 N–H and O–H groups in total. The highest BCUT2D eigenvalue weighted by Crippen LogP contribution is 2.22. The van der Waals surface area contributed by atoms with Crippen LogP contribution in [0.25, 0.3) is 11.0 Å². The summed E-state index contributed by atoms with van der Waals surface area (Å²) in [5, 5.41) is 8.45. The van der Waals surface area contributed by atoms with Crippen molar-refractivity contribution in [1.29, 1.82) is 0 Å². The second kappa shape index (κ2) is 8.27. The summed E-state index contributed by atoms with van der Waals surface area (Å²) in [5.74, 6) is 0.894. The van der Waals surface area contributed by atoms with Crippen LogP contribution >= 0.6 is 0 Å². The third kappa shape index (κ3) is 4.08. The zero-order valence-corrected chi connectivity index (χ0v) is 15.2. The smallest absolute Gasteiger partial charge is 0.242 e. The van der Waals surface area contributed by atoms with Crippen LogP contribution in [-0.4, -0.2) is 44.8 Å². The number of nitrogens with one attached hydrogen (secondary N) is 1. The molecule has 2 aromatic heterocycles. The van der Waals surface area contributed by atoms with Gasteiger partial charge >= 0.3 is 0 Å². The molecule has 1 amide bonds. The monoisotopic (exact) mass is 344 g/mol. The Morgan fingerprint density at radius 3 is 2.60 bits per heavy atom. The molecule has 2 heterocycles. The standard InChI is InChI=1S/C18H28N6O/c1-3-23(4-2)17-15-11-21-24(18(15)20-13-19-17)12-16(25)22-14-9-7-5-6-8-10-14/h11,13-14H,3-10,12H2,1-2H3,(H,22,25). The number of fused-ring (bicyclic) bond motifs is 1. The van der Waals surface area contributed by atoms with Crippen molar-refractivity contribution in [2.24, 2.45) is 0 Å². The van der Waals surface area contributed by atoms with Crippen molar-refractivity contribution in [3.63, 3.8) is 0 Å². The molecule has 0 aliphatic heterocycles. The van der Waals surface area contributed by atoms with Gasteiger partial charge in [-0.05, 0) is 26.7 Å². The van der Waals surface area contributed by atoms with Crippen LogP contribution in [0.4, 0.5) is 5.82 Å². The van der Waals surface area contributed by atoms with Gasteiger partial charge in [0.15, 0.2) is 5.65 Å². The summed E-state index contributed by atoms with van der Waals surface area (Å²) in [6.45, 7) is 6.14. The summed E-state index contributed by atoms with van der Waals surface area (Å²) < 4.78 is 1.68. The predicted octanol–water partition coefficient (Wildman–Crippen LogP) is 2.51. The summed E-state index contributed by atoms with van der Waals surface area (Å²) in [6, 6.07) is 0.303. The molecule has 1 aliphatic carbocycles. The minimum absolute atomic E-state index is 0.0138. The van der Waals surface area contributed by atoms with Crippen LogP contribution in [0, 0.1) is 0 Å². The van der Waals surface area contributed by atoms with Crippen LogP contribution in [-0.2, 0) is 11.3 Å². The lowest BCUT2D eigenvalue weighted by Gasteiger charge is -2.20. The molecule has 0 atom stereocenters. The third-order valence-corrected chi connectivity index (χ3v) is 4.99. The molecule has 0 unspecified atom stereocenters. The molecule has 1 aliphatic rings. The quantitative estimate of drug-likeness (QED) is 0.815. The molecule has 1 saturated carbocycles. The van der Waals surface area contributed by atoms with E-state index in [0.29, 0.717) is 11.7 Å². The lowest BCUT2D eigenvalue weighted by molar-refractivity contribution is -0.122. The fourth-order valence-corrected chi connectivity index (χ4v) is 3.60. The van der Waals surface area contributed by atoms with E-state index in [4.69, 9.17) is 0 Å². The van der Waals surface area contributed by atoms with Gasteiger partial charge in [-0.25, -0.2) is 14.6 Å². The first-order chi connectivity index (χ1) is 12.2. The van der Waals surface area contributed by atoms with Crippen molar-refractivity contribution in [2.75, 3.05) is 18.0 Å². The van der Waals surface area contributed by atoms with E-state index < -0.39 is 0 Å². The van der Waals surface area contributed by atoms with Crippen molar-refractivity contribution in [2.45, 2.75) is 65.0 Å².